The summed E-state index contributed by atoms with van der Waals surface area (Å²) in [7, 11) is -4.13. The van der Waals surface area contributed by atoms with Crippen LogP contribution >= 0.6 is 0 Å². The maximum Gasteiger partial charge on any atom is 0.491 e. The molecule has 0 fully saturated rings. The Labute approximate surface area is 184 Å². The lowest BCUT2D eigenvalue weighted by Crippen LogP contribution is -2.30. The molecule has 0 amide bonds. The number of nitrogens with zero attached hydrogens (tertiary/aromatic N) is 1. The van der Waals surface area contributed by atoms with Crippen LogP contribution in [0.25, 0.3) is 22.5 Å². The second-order valence-corrected chi connectivity index (χ2v) is 8.36. The zero-order valence-corrected chi connectivity index (χ0v) is 17.3. The van der Waals surface area contributed by atoms with Gasteiger partial charge >= 0.3 is 18.1 Å². The van der Waals surface area contributed by atoms with Crippen molar-refractivity contribution < 1.29 is 40.3 Å². The van der Waals surface area contributed by atoms with Gasteiger partial charge in [0, 0.05) is 35.8 Å². The van der Waals surface area contributed by atoms with Gasteiger partial charge in [-0.2, -0.15) is 13.2 Å². The zero-order valence-electron chi connectivity index (χ0n) is 16.5. The Morgan fingerprint density at radius 1 is 1.09 bits per heavy atom. The van der Waals surface area contributed by atoms with Crippen LogP contribution in [0.3, 0.4) is 0 Å². The molecule has 0 atom stereocenters. The van der Waals surface area contributed by atoms with Gasteiger partial charge in [-0.3, -0.25) is 9.78 Å². The van der Waals surface area contributed by atoms with E-state index in [4.69, 9.17) is 0 Å². The Morgan fingerprint density at radius 2 is 1.85 bits per heavy atom. The summed E-state index contributed by atoms with van der Waals surface area (Å²) in [5.41, 5.74) is 1.93. The molecule has 2 heterocycles. The highest BCUT2D eigenvalue weighted by Gasteiger charge is 2.42. The Hall–Kier alpha value is -3.58. The van der Waals surface area contributed by atoms with E-state index in [1.807, 2.05) is 4.72 Å². The van der Waals surface area contributed by atoms with E-state index in [1.54, 1.807) is 18.2 Å². The predicted octanol–water partition coefficient (Wildman–Crippen LogP) is 3.18. The van der Waals surface area contributed by atoms with E-state index in [0.717, 1.165) is 0 Å². The number of H-pyrrole nitrogens is 1. The van der Waals surface area contributed by atoms with Gasteiger partial charge < -0.3 is 9.72 Å². The fourth-order valence-electron chi connectivity index (χ4n) is 2.68. The van der Waals surface area contributed by atoms with Crippen LogP contribution in [0.1, 0.15) is 6.42 Å². The molecule has 0 radical (unpaired) electrons. The Kier molecular flexibility index (Phi) is 6.93. The predicted molar refractivity (Wildman–Crippen MR) is 106 cm³/mol. The summed E-state index contributed by atoms with van der Waals surface area (Å²) in [6, 6.07) is 10.3. The quantitative estimate of drug-likeness (QED) is 0.302. The van der Waals surface area contributed by atoms with Crippen molar-refractivity contribution >= 4 is 22.0 Å². The molecule has 0 bridgehead atoms. The number of esters is 2. The number of alkyl halides is 3. The second-order valence-electron chi connectivity index (χ2n) is 6.60. The van der Waals surface area contributed by atoms with Gasteiger partial charge in [0.15, 0.2) is 0 Å². The molecule has 8 nitrogen and oxygen atoms in total. The molecule has 0 aliphatic heterocycles. The first-order chi connectivity index (χ1) is 15.5. The molecule has 1 aromatic carbocycles. The molecule has 3 rings (SSSR count). The number of aromatic amines is 1. The third-order valence-corrected chi connectivity index (χ3v) is 5.66. The molecule has 0 unspecified atom stereocenters. The monoisotopic (exact) mass is 485 g/mol. The highest BCUT2D eigenvalue weighted by molar-refractivity contribution is 7.89. The minimum Gasteiger partial charge on any atom is -0.386 e. The number of halogens is 4. The molecule has 0 aliphatic rings. The summed E-state index contributed by atoms with van der Waals surface area (Å²) in [6.45, 7) is -0.591. The molecular formula is C20H15F4N3O5S. The van der Waals surface area contributed by atoms with Gasteiger partial charge in [-0.05, 0) is 30.3 Å². The van der Waals surface area contributed by atoms with Crippen LogP contribution in [-0.2, 0) is 24.3 Å². The van der Waals surface area contributed by atoms with Crippen LogP contribution in [-0.4, -0.2) is 43.0 Å². The smallest absolute Gasteiger partial charge is 0.386 e. The molecule has 13 heteroatoms. The van der Waals surface area contributed by atoms with Crippen LogP contribution in [0.5, 0.6) is 0 Å². The number of nitrogens with one attached hydrogen (secondary N) is 2. The summed E-state index contributed by atoms with van der Waals surface area (Å²) in [4.78, 5) is 28.6. The summed E-state index contributed by atoms with van der Waals surface area (Å²) in [5.74, 6) is -4.65. The first-order valence-electron chi connectivity index (χ1n) is 9.18. The highest BCUT2D eigenvalue weighted by atomic mass is 32.2. The normalized spacial score (nSPS) is 11.9. The Morgan fingerprint density at radius 3 is 2.55 bits per heavy atom. The average molecular weight is 485 g/mol. The van der Waals surface area contributed by atoms with Crippen LogP contribution in [0.4, 0.5) is 17.6 Å². The van der Waals surface area contributed by atoms with E-state index in [0.29, 0.717) is 22.5 Å². The lowest BCUT2D eigenvalue weighted by atomic mass is 10.1. The van der Waals surface area contributed by atoms with Crippen molar-refractivity contribution in [1.82, 2.24) is 14.7 Å². The number of benzene rings is 1. The summed E-state index contributed by atoms with van der Waals surface area (Å²) in [5, 5.41) is 0. The van der Waals surface area contributed by atoms with Crippen molar-refractivity contribution in [3.05, 3.63) is 60.7 Å². The number of hydrogen-bond acceptors (Lipinski definition) is 6. The maximum absolute atomic E-state index is 13.5. The van der Waals surface area contributed by atoms with Gasteiger partial charge in [0.05, 0.1) is 12.1 Å². The van der Waals surface area contributed by atoms with Crippen molar-refractivity contribution in [3.8, 4) is 22.5 Å². The molecule has 0 saturated heterocycles. The van der Waals surface area contributed by atoms with Crippen molar-refractivity contribution in [2.24, 2.45) is 0 Å². The number of carbonyl (C=O) groups excluding carboxylic acids is 2. The molecule has 2 aromatic heterocycles. The number of ether oxygens (including phenoxy) is 1. The number of pyridine rings is 1. The van der Waals surface area contributed by atoms with Crippen LogP contribution in [0, 0.1) is 5.82 Å². The van der Waals surface area contributed by atoms with E-state index in [2.05, 4.69) is 14.7 Å². The number of carbonyl (C=O) groups is 2. The van der Waals surface area contributed by atoms with Crippen molar-refractivity contribution in [3.63, 3.8) is 0 Å². The fraction of sp³-hybridized carbons (Fsp3) is 0.150. The van der Waals surface area contributed by atoms with E-state index < -0.39 is 46.9 Å². The first kappa shape index (κ1) is 24.1. The SMILES string of the molecule is O=C(CCNS(=O)(=O)c1c[nH]c(-c2ccnc(-c3cccc(F)c3)c2)c1)OC(=O)C(F)(F)F. The van der Waals surface area contributed by atoms with Crippen molar-refractivity contribution in [2.45, 2.75) is 17.5 Å². The van der Waals surface area contributed by atoms with Gasteiger partial charge in [-0.15, -0.1) is 0 Å². The number of hydrogen-bond donors (Lipinski definition) is 2. The molecular weight excluding hydrogens is 470 g/mol. The van der Waals surface area contributed by atoms with Gasteiger partial charge in [-0.1, -0.05) is 12.1 Å². The van der Waals surface area contributed by atoms with E-state index in [9.17, 15) is 35.6 Å². The van der Waals surface area contributed by atoms with E-state index in [1.165, 1.54) is 36.7 Å². The number of aromatic nitrogens is 2. The van der Waals surface area contributed by atoms with Gasteiger partial charge in [0.25, 0.3) is 0 Å². The molecule has 3 aromatic rings. The largest absolute Gasteiger partial charge is 0.491 e. The first-order valence-corrected chi connectivity index (χ1v) is 10.7. The minimum atomic E-state index is -5.34. The molecule has 33 heavy (non-hydrogen) atoms. The number of rotatable bonds is 7. The van der Waals surface area contributed by atoms with Gasteiger partial charge in [-0.25, -0.2) is 22.3 Å². The van der Waals surface area contributed by atoms with Gasteiger partial charge in [0.2, 0.25) is 10.0 Å². The van der Waals surface area contributed by atoms with Gasteiger partial charge in [0.1, 0.15) is 10.7 Å². The molecule has 174 valence electrons. The van der Waals surface area contributed by atoms with Crippen molar-refractivity contribution in [1.29, 1.82) is 0 Å². The fourth-order valence-corrected chi connectivity index (χ4v) is 3.71. The minimum absolute atomic E-state index is 0.207. The van der Waals surface area contributed by atoms with Crippen LogP contribution in [0.2, 0.25) is 0 Å². The molecule has 0 saturated carbocycles. The summed E-state index contributed by atoms with van der Waals surface area (Å²) < 4.78 is 80.0. The zero-order chi connectivity index (χ0) is 24.2. The van der Waals surface area contributed by atoms with Crippen LogP contribution < -0.4 is 4.72 Å². The topological polar surface area (TPSA) is 118 Å². The third kappa shape index (κ3) is 6.23. The lowest BCUT2D eigenvalue weighted by molar-refractivity contribution is -0.201. The third-order valence-electron chi connectivity index (χ3n) is 4.22. The maximum atomic E-state index is 13.5. The Balaban J connectivity index is 1.66. The van der Waals surface area contributed by atoms with Crippen LogP contribution in [0.15, 0.2) is 59.8 Å². The Bertz CT molecular complexity index is 1290. The molecule has 0 aliphatic carbocycles. The van der Waals surface area contributed by atoms with E-state index in [-0.39, 0.29) is 4.90 Å². The summed E-state index contributed by atoms with van der Waals surface area (Å²) >= 11 is 0. The molecule has 2 N–H and O–H groups in total. The van der Waals surface area contributed by atoms with Crippen molar-refractivity contribution in [2.75, 3.05) is 6.54 Å². The number of sulfonamides is 1. The lowest BCUT2D eigenvalue weighted by Gasteiger charge is -2.06. The standard InChI is InChI=1S/C20H15F4N3O5S/c21-14-3-1-2-12(8-14)16-9-13(4-6-25-16)17-10-15(11-26-17)33(30,31)27-7-5-18(28)32-19(29)20(22,23)24/h1-4,6,8-11,26-27H,5,7H2. The summed E-state index contributed by atoms with van der Waals surface area (Å²) in [6.07, 6.45) is -3.49. The average Bonchev–Trinajstić information content (AvgIpc) is 3.24. The van der Waals surface area contributed by atoms with E-state index >= 15 is 0 Å². The highest BCUT2D eigenvalue weighted by Crippen LogP contribution is 2.26. The second kappa shape index (κ2) is 9.50. The molecule has 0 spiro atoms.